The van der Waals surface area contributed by atoms with Gasteiger partial charge in [0.15, 0.2) is 0 Å². The van der Waals surface area contributed by atoms with Crippen LogP contribution in [-0.2, 0) is 4.74 Å². The molecule has 7 nitrogen and oxygen atoms in total. The Kier molecular flexibility index (Phi) is 3.48. The third-order valence-corrected chi connectivity index (χ3v) is 3.45. The van der Waals surface area contributed by atoms with E-state index in [1.54, 1.807) is 6.92 Å². The van der Waals surface area contributed by atoms with Gasteiger partial charge in [-0.1, -0.05) is 5.16 Å². The van der Waals surface area contributed by atoms with E-state index in [-0.39, 0.29) is 17.8 Å². The van der Waals surface area contributed by atoms with E-state index in [1.165, 1.54) is 12.8 Å². The van der Waals surface area contributed by atoms with E-state index in [2.05, 4.69) is 20.4 Å². The van der Waals surface area contributed by atoms with Gasteiger partial charge in [-0.3, -0.25) is 9.69 Å². The molecule has 2 fully saturated rings. The van der Waals surface area contributed by atoms with Gasteiger partial charge < -0.3 is 14.6 Å². The summed E-state index contributed by atoms with van der Waals surface area (Å²) in [6.07, 6.45) is 2.63. The number of carbonyl (C=O) groups is 1. The first-order valence-electron chi connectivity index (χ1n) is 6.66. The molecule has 0 aromatic carbocycles. The summed E-state index contributed by atoms with van der Waals surface area (Å²) < 4.78 is 10.4. The van der Waals surface area contributed by atoms with Gasteiger partial charge in [-0.15, -0.1) is 0 Å². The number of amides is 1. The Morgan fingerprint density at radius 3 is 3.05 bits per heavy atom. The van der Waals surface area contributed by atoms with Gasteiger partial charge in [0, 0.05) is 32.6 Å². The molecule has 1 atom stereocenters. The molecule has 19 heavy (non-hydrogen) atoms. The summed E-state index contributed by atoms with van der Waals surface area (Å²) in [6, 6.07) is 0.738. The molecule has 0 bridgehead atoms. The van der Waals surface area contributed by atoms with Gasteiger partial charge in [-0.05, 0) is 12.8 Å². The number of morpholine rings is 1. The Balaban J connectivity index is 1.47. The molecule has 2 aliphatic rings. The quantitative estimate of drug-likeness (QED) is 0.824. The van der Waals surface area contributed by atoms with Crippen molar-refractivity contribution in [2.24, 2.45) is 0 Å². The molecule has 1 N–H and O–H groups in total. The largest absolute Gasteiger partial charge is 0.374 e. The van der Waals surface area contributed by atoms with Gasteiger partial charge in [-0.25, -0.2) is 0 Å². The van der Waals surface area contributed by atoms with Crippen molar-refractivity contribution in [3.8, 4) is 0 Å². The zero-order valence-corrected chi connectivity index (χ0v) is 11.0. The van der Waals surface area contributed by atoms with Crippen LogP contribution in [0.2, 0.25) is 0 Å². The third kappa shape index (κ3) is 3.10. The van der Waals surface area contributed by atoms with Crippen molar-refractivity contribution < 1.29 is 14.1 Å². The maximum Gasteiger partial charge on any atom is 0.292 e. The highest BCUT2D eigenvalue weighted by Crippen LogP contribution is 2.28. The third-order valence-electron chi connectivity index (χ3n) is 3.45. The predicted octanol–water partition coefficient (Wildman–Crippen LogP) is -0.0290. The van der Waals surface area contributed by atoms with Crippen molar-refractivity contribution >= 4 is 5.91 Å². The highest BCUT2D eigenvalue weighted by molar-refractivity contribution is 5.90. The minimum absolute atomic E-state index is 0.0475. The number of ether oxygens (including phenoxy) is 1. The lowest BCUT2D eigenvalue weighted by atomic mass is 10.2. The fraction of sp³-hybridized carbons (Fsp3) is 0.750. The van der Waals surface area contributed by atoms with Crippen LogP contribution in [0.5, 0.6) is 0 Å². The number of rotatable bonds is 4. The molecule has 0 spiro atoms. The first kappa shape index (κ1) is 12.6. The number of hydrogen-bond donors (Lipinski definition) is 1. The van der Waals surface area contributed by atoms with Crippen LogP contribution in [0.25, 0.3) is 0 Å². The van der Waals surface area contributed by atoms with Crippen LogP contribution in [0.4, 0.5) is 0 Å². The summed E-state index contributed by atoms with van der Waals surface area (Å²) >= 11 is 0. The Morgan fingerprint density at radius 2 is 2.37 bits per heavy atom. The van der Waals surface area contributed by atoms with E-state index in [0.29, 0.717) is 12.4 Å². The smallest absolute Gasteiger partial charge is 0.292 e. The average molecular weight is 266 g/mol. The Bertz CT molecular complexity index is 458. The molecule has 104 valence electrons. The van der Waals surface area contributed by atoms with Gasteiger partial charge in [0.1, 0.15) is 0 Å². The van der Waals surface area contributed by atoms with Crippen molar-refractivity contribution in [3.63, 3.8) is 0 Å². The van der Waals surface area contributed by atoms with Crippen molar-refractivity contribution in [3.05, 3.63) is 11.7 Å². The normalized spacial score (nSPS) is 24.4. The number of nitrogens with zero attached hydrogens (tertiary/aromatic N) is 3. The van der Waals surface area contributed by atoms with Crippen LogP contribution in [-0.4, -0.2) is 59.3 Å². The Labute approximate surface area is 111 Å². The Morgan fingerprint density at radius 1 is 1.53 bits per heavy atom. The molecule has 1 aliphatic heterocycles. The van der Waals surface area contributed by atoms with Gasteiger partial charge in [0.2, 0.25) is 5.89 Å². The van der Waals surface area contributed by atoms with Crippen molar-refractivity contribution in [2.45, 2.75) is 31.9 Å². The monoisotopic (exact) mass is 266 g/mol. The molecule has 1 aromatic heterocycles. The van der Waals surface area contributed by atoms with Crippen LogP contribution < -0.4 is 5.32 Å². The number of nitrogens with one attached hydrogen (secondary N) is 1. The number of aryl methyl sites for hydroxylation is 1. The number of carbonyl (C=O) groups excluding carboxylic acids is 1. The van der Waals surface area contributed by atoms with Crippen LogP contribution in [0, 0.1) is 6.92 Å². The second kappa shape index (κ2) is 5.26. The highest BCUT2D eigenvalue weighted by Gasteiger charge is 2.33. The zero-order chi connectivity index (χ0) is 13.2. The second-order valence-electron chi connectivity index (χ2n) is 5.07. The lowest BCUT2D eigenvalue weighted by Crippen LogP contribution is -2.48. The molecule has 1 saturated heterocycles. The summed E-state index contributed by atoms with van der Waals surface area (Å²) in [5.41, 5.74) is 0. The van der Waals surface area contributed by atoms with E-state index in [1.807, 2.05) is 0 Å². The number of aromatic nitrogens is 2. The fourth-order valence-electron chi connectivity index (χ4n) is 2.31. The van der Waals surface area contributed by atoms with E-state index in [4.69, 9.17) is 9.26 Å². The SMILES string of the molecule is Cc1nc(C(=O)NC[C@@H]2CN(C3CC3)CCO2)no1. The summed E-state index contributed by atoms with van der Waals surface area (Å²) in [5.74, 6) is 0.148. The van der Waals surface area contributed by atoms with Crippen LogP contribution in [0.15, 0.2) is 4.52 Å². The maximum atomic E-state index is 11.8. The average Bonchev–Trinajstić information content (AvgIpc) is 3.19. The van der Waals surface area contributed by atoms with Gasteiger partial charge in [0.25, 0.3) is 11.7 Å². The van der Waals surface area contributed by atoms with Crippen LogP contribution in [0.3, 0.4) is 0 Å². The summed E-state index contributed by atoms with van der Waals surface area (Å²) in [4.78, 5) is 18.1. The van der Waals surface area contributed by atoms with Crippen molar-refractivity contribution in [1.29, 1.82) is 0 Å². The molecular formula is C12H18N4O3. The minimum Gasteiger partial charge on any atom is -0.374 e. The second-order valence-corrected chi connectivity index (χ2v) is 5.07. The van der Waals surface area contributed by atoms with Crippen LogP contribution >= 0.6 is 0 Å². The first-order valence-corrected chi connectivity index (χ1v) is 6.66. The Hall–Kier alpha value is -1.47. The molecule has 7 heteroatoms. The molecule has 0 radical (unpaired) electrons. The maximum absolute atomic E-state index is 11.8. The summed E-state index contributed by atoms with van der Waals surface area (Å²) in [7, 11) is 0. The summed E-state index contributed by atoms with van der Waals surface area (Å²) in [5, 5.41) is 6.37. The van der Waals surface area contributed by atoms with Crippen LogP contribution in [0.1, 0.15) is 29.4 Å². The van der Waals surface area contributed by atoms with E-state index in [9.17, 15) is 4.79 Å². The van der Waals surface area contributed by atoms with Gasteiger partial charge >= 0.3 is 0 Å². The molecule has 3 rings (SSSR count). The fourth-order valence-corrected chi connectivity index (χ4v) is 2.31. The summed E-state index contributed by atoms with van der Waals surface area (Å²) in [6.45, 7) is 4.75. The van der Waals surface area contributed by atoms with E-state index in [0.717, 1.165) is 25.7 Å². The number of hydrogen-bond acceptors (Lipinski definition) is 6. The zero-order valence-electron chi connectivity index (χ0n) is 11.0. The van der Waals surface area contributed by atoms with E-state index < -0.39 is 0 Å². The molecule has 1 saturated carbocycles. The lowest BCUT2D eigenvalue weighted by molar-refractivity contribution is -0.0293. The lowest BCUT2D eigenvalue weighted by Gasteiger charge is -2.32. The first-order chi connectivity index (χ1) is 9.22. The standard InChI is InChI=1S/C12H18N4O3/c1-8-14-11(15-19-8)12(17)13-6-10-7-16(4-5-18-10)9-2-3-9/h9-10H,2-7H2,1H3,(H,13,17)/t10-/m1/s1. The van der Waals surface area contributed by atoms with E-state index >= 15 is 0 Å². The minimum atomic E-state index is -0.316. The molecule has 1 amide bonds. The van der Waals surface area contributed by atoms with Crippen molar-refractivity contribution in [2.75, 3.05) is 26.2 Å². The molecule has 0 unspecified atom stereocenters. The molecule has 1 aliphatic carbocycles. The van der Waals surface area contributed by atoms with Crippen molar-refractivity contribution in [1.82, 2.24) is 20.4 Å². The molecule has 1 aromatic rings. The molecule has 2 heterocycles. The molecular weight excluding hydrogens is 248 g/mol. The van der Waals surface area contributed by atoms with Gasteiger partial charge in [0.05, 0.1) is 12.7 Å². The van der Waals surface area contributed by atoms with Gasteiger partial charge in [-0.2, -0.15) is 4.98 Å². The highest BCUT2D eigenvalue weighted by atomic mass is 16.5. The predicted molar refractivity (Wildman–Crippen MR) is 65.7 cm³/mol. The topological polar surface area (TPSA) is 80.5 Å².